The summed E-state index contributed by atoms with van der Waals surface area (Å²) in [5.74, 6) is 1.94. The molecule has 4 aromatic rings. The smallest absolute Gasteiger partial charge is 0.234 e. The van der Waals surface area contributed by atoms with Crippen molar-refractivity contribution in [3.63, 3.8) is 0 Å². The second-order valence-electron chi connectivity index (χ2n) is 6.36. The van der Waals surface area contributed by atoms with Gasteiger partial charge in [0.1, 0.15) is 11.5 Å². The molecule has 0 fully saturated rings. The predicted molar refractivity (Wildman–Crippen MR) is 124 cm³/mol. The van der Waals surface area contributed by atoms with Crippen LogP contribution in [0.3, 0.4) is 0 Å². The van der Waals surface area contributed by atoms with Crippen LogP contribution in [0.2, 0.25) is 0 Å². The van der Waals surface area contributed by atoms with Gasteiger partial charge in [-0.05, 0) is 35.7 Å². The molecule has 1 amide bonds. The van der Waals surface area contributed by atoms with E-state index in [0.717, 1.165) is 16.4 Å². The summed E-state index contributed by atoms with van der Waals surface area (Å²) in [5.41, 5.74) is 1.52. The SMILES string of the molecule is COc1ccc(NC(=O)CSc2nnc(-c3cccs3)n2-c2ccccc2)c(OC)c1. The van der Waals surface area contributed by atoms with E-state index in [2.05, 4.69) is 15.5 Å². The topological polar surface area (TPSA) is 78.3 Å². The van der Waals surface area contributed by atoms with Crippen LogP contribution in [-0.2, 0) is 4.79 Å². The molecule has 7 nitrogen and oxygen atoms in total. The van der Waals surface area contributed by atoms with Gasteiger partial charge in [0.2, 0.25) is 5.91 Å². The average Bonchev–Trinajstić information content (AvgIpc) is 3.48. The number of ether oxygens (including phenoxy) is 2. The molecule has 0 saturated heterocycles. The van der Waals surface area contributed by atoms with Crippen LogP contribution in [0.25, 0.3) is 16.4 Å². The van der Waals surface area contributed by atoms with E-state index in [1.807, 2.05) is 52.4 Å². The maximum atomic E-state index is 12.6. The normalized spacial score (nSPS) is 10.6. The number of methoxy groups -OCH3 is 2. The minimum absolute atomic E-state index is 0.171. The van der Waals surface area contributed by atoms with E-state index < -0.39 is 0 Å². The Morgan fingerprint density at radius 1 is 1.06 bits per heavy atom. The molecule has 0 spiro atoms. The number of nitrogens with one attached hydrogen (secondary N) is 1. The molecule has 0 bridgehead atoms. The molecule has 2 aromatic heterocycles. The Morgan fingerprint density at radius 2 is 1.90 bits per heavy atom. The van der Waals surface area contributed by atoms with Gasteiger partial charge in [-0.25, -0.2) is 0 Å². The third-order valence-corrected chi connectivity index (χ3v) is 6.20. The van der Waals surface area contributed by atoms with Gasteiger partial charge >= 0.3 is 0 Å². The lowest BCUT2D eigenvalue weighted by molar-refractivity contribution is -0.113. The second kappa shape index (κ2) is 9.67. The fourth-order valence-corrected chi connectivity index (χ4v) is 4.41. The number of aromatic nitrogens is 3. The highest BCUT2D eigenvalue weighted by atomic mass is 32.2. The zero-order chi connectivity index (χ0) is 21.6. The van der Waals surface area contributed by atoms with Crippen molar-refractivity contribution in [2.24, 2.45) is 0 Å². The van der Waals surface area contributed by atoms with Gasteiger partial charge in [0.05, 0.1) is 30.5 Å². The molecule has 31 heavy (non-hydrogen) atoms. The van der Waals surface area contributed by atoms with Gasteiger partial charge in [-0.3, -0.25) is 9.36 Å². The van der Waals surface area contributed by atoms with Gasteiger partial charge in [0.25, 0.3) is 0 Å². The molecular weight excluding hydrogens is 432 g/mol. The second-order valence-corrected chi connectivity index (χ2v) is 8.25. The van der Waals surface area contributed by atoms with Crippen LogP contribution in [0.1, 0.15) is 0 Å². The summed E-state index contributed by atoms with van der Waals surface area (Å²) in [5, 5.41) is 14.3. The third kappa shape index (κ3) is 4.73. The van der Waals surface area contributed by atoms with Crippen molar-refractivity contribution >= 4 is 34.7 Å². The van der Waals surface area contributed by atoms with Crippen LogP contribution < -0.4 is 14.8 Å². The quantitative estimate of drug-likeness (QED) is 0.389. The molecule has 0 aliphatic rings. The standard InChI is InChI=1S/C22H20N4O3S2/c1-28-16-10-11-17(18(13-16)29-2)23-20(27)14-31-22-25-24-21(19-9-6-12-30-19)26(22)15-7-4-3-5-8-15/h3-13H,14H2,1-2H3,(H,23,27). The van der Waals surface area contributed by atoms with Crippen molar-refractivity contribution in [1.29, 1.82) is 0 Å². The Bertz CT molecular complexity index is 1160. The number of carbonyl (C=O) groups excluding carboxylic acids is 1. The number of amides is 1. The maximum Gasteiger partial charge on any atom is 0.234 e. The molecule has 1 N–H and O–H groups in total. The summed E-state index contributed by atoms with van der Waals surface area (Å²) in [4.78, 5) is 13.6. The van der Waals surface area contributed by atoms with E-state index in [1.54, 1.807) is 43.8 Å². The number of hydrogen-bond acceptors (Lipinski definition) is 7. The minimum Gasteiger partial charge on any atom is -0.497 e. The average molecular weight is 453 g/mol. The van der Waals surface area contributed by atoms with Crippen molar-refractivity contribution in [1.82, 2.24) is 14.8 Å². The molecule has 9 heteroatoms. The lowest BCUT2D eigenvalue weighted by Gasteiger charge is -2.12. The Balaban J connectivity index is 1.53. The van der Waals surface area contributed by atoms with Gasteiger partial charge < -0.3 is 14.8 Å². The number of thiophene rings is 1. The first-order chi connectivity index (χ1) is 15.2. The van der Waals surface area contributed by atoms with Crippen LogP contribution in [-0.4, -0.2) is 40.6 Å². The molecule has 0 aliphatic carbocycles. The Labute approximate surface area is 188 Å². The summed E-state index contributed by atoms with van der Waals surface area (Å²) < 4.78 is 12.5. The number of carbonyl (C=O) groups is 1. The fourth-order valence-electron chi connectivity index (χ4n) is 2.96. The maximum absolute atomic E-state index is 12.6. The number of nitrogens with zero attached hydrogens (tertiary/aromatic N) is 3. The van der Waals surface area contributed by atoms with Crippen LogP contribution >= 0.6 is 23.1 Å². The van der Waals surface area contributed by atoms with Crippen molar-refractivity contribution in [3.05, 3.63) is 66.0 Å². The number of hydrogen-bond donors (Lipinski definition) is 1. The molecule has 0 radical (unpaired) electrons. The van der Waals surface area contributed by atoms with E-state index >= 15 is 0 Å². The molecule has 158 valence electrons. The van der Waals surface area contributed by atoms with Crippen LogP contribution in [0.15, 0.2) is 71.2 Å². The molecule has 0 saturated carbocycles. The van der Waals surface area contributed by atoms with Crippen LogP contribution in [0.5, 0.6) is 11.5 Å². The molecule has 4 rings (SSSR count). The van der Waals surface area contributed by atoms with Gasteiger partial charge in [0.15, 0.2) is 11.0 Å². The Hall–Kier alpha value is -3.30. The molecule has 2 heterocycles. The third-order valence-electron chi connectivity index (χ3n) is 4.40. The molecule has 0 aliphatic heterocycles. The van der Waals surface area contributed by atoms with E-state index in [-0.39, 0.29) is 11.7 Å². The summed E-state index contributed by atoms with van der Waals surface area (Å²) in [6, 6.07) is 19.1. The number of rotatable bonds is 8. The highest BCUT2D eigenvalue weighted by molar-refractivity contribution is 7.99. The lowest BCUT2D eigenvalue weighted by atomic mass is 10.2. The first kappa shape index (κ1) is 21.0. The minimum atomic E-state index is -0.172. The first-order valence-electron chi connectivity index (χ1n) is 9.39. The van der Waals surface area contributed by atoms with Crippen molar-refractivity contribution < 1.29 is 14.3 Å². The van der Waals surface area contributed by atoms with Gasteiger partial charge in [-0.15, -0.1) is 21.5 Å². The van der Waals surface area contributed by atoms with Gasteiger partial charge in [-0.2, -0.15) is 0 Å². The van der Waals surface area contributed by atoms with Crippen molar-refractivity contribution in [3.8, 4) is 27.9 Å². The number of para-hydroxylation sites is 1. The first-order valence-corrected chi connectivity index (χ1v) is 11.3. The summed E-state index contributed by atoms with van der Waals surface area (Å²) in [7, 11) is 3.13. The Kier molecular flexibility index (Phi) is 6.54. The number of anilines is 1. The molecule has 0 unspecified atom stereocenters. The van der Waals surface area contributed by atoms with E-state index in [1.165, 1.54) is 11.8 Å². The molecule has 0 atom stereocenters. The Morgan fingerprint density at radius 3 is 2.61 bits per heavy atom. The highest BCUT2D eigenvalue weighted by Gasteiger charge is 2.18. The van der Waals surface area contributed by atoms with Gasteiger partial charge in [0, 0.05) is 11.8 Å². The summed E-state index contributed by atoms with van der Waals surface area (Å²) in [6.45, 7) is 0. The van der Waals surface area contributed by atoms with E-state index in [0.29, 0.717) is 22.3 Å². The largest absolute Gasteiger partial charge is 0.497 e. The van der Waals surface area contributed by atoms with Crippen molar-refractivity contribution in [2.75, 3.05) is 25.3 Å². The number of benzene rings is 2. The zero-order valence-corrected chi connectivity index (χ0v) is 18.6. The zero-order valence-electron chi connectivity index (χ0n) is 16.9. The van der Waals surface area contributed by atoms with E-state index in [4.69, 9.17) is 9.47 Å². The highest BCUT2D eigenvalue weighted by Crippen LogP contribution is 2.31. The lowest BCUT2D eigenvalue weighted by Crippen LogP contribution is -2.15. The monoisotopic (exact) mass is 452 g/mol. The summed E-state index contributed by atoms with van der Waals surface area (Å²) >= 11 is 2.92. The predicted octanol–water partition coefficient (Wildman–Crippen LogP) is 4.74. The number of thioether (sulfide) groups is 1. The molecule has 2 aromatic carbocycles. The van der Waals surface area contributed by atoms with Crippen molar-refractivity contribution in [2.45, 2.75) is 5.16 Å². The van der Waals surface area contributed by atoms with Gasteiger partial charge in [-0.1, -0.05) is 36.0 Å². The fraction of sp³-hybridized carbons (Fsp3) is 0.136. The van der Waals surface area contributed by atoms with Crippen LogP contribution in [0, 0.1) is 0 Å². The molecular formula is C22H20N4O3S2. The summed E-state index contributed by atoms with van der Waals surface area (Å²) in [6.07, 6.45) is 0. The van der Waals surface area contributed by atoms with Crippen LogP contribution in [0.4, 0.5) is 5.69 Å². The van der Waals surface area contributed by atoms with E-state index in [9.17, 15) is 4.79 Å².